The first-order valence-corrected chi connectivity index (χ1v) is 8.67. The van der Waals surface area contributed by atoms with Crippen molar-refractivity contribution in [1.29, 1.82) is 0 Å². The predicted molar refractivity (Wildman–Crippen MR) is 112 cm³/mol. The van der Waals surface area contributed by atoms with E-state index in [-0.39, 0.29) is 0 Å². The number of anilines is 2. The minimum absolute atomic E-state index is 0.955. The van der Waals surface area contributed by atoms with Crippen molar-refractivity contribution in [1.82, 2.24) is 0 Å². The predicted octanol–water partition coefficient (Wildman–Crippen LogP) is 6.24. The third kappa shape index (κ3) is 3.40. The zero-order valence-electron chi connectivity index (χ0n) is 14.4. The summed E-state index contributed by atoms with van der Waals surface area (Å²) in [6.45, 7) is 0. The molecule has 0 saturated carbocycles. The van der Waals surface area contributed by atoms with Crippen LogP contribution in [0.3, 0.4) is 0 Å². The van der Waals surface area contributed by atoms with E-state index in [4.69, 9.17) is 7.98 Å². The van der Waals surface area contributed by atoms with Gasteiger partial charge in [-0.05, 0) is 46.5 Å². The molecule has 0 aliphatic heterocycles. The average molecular weight is 331 g/mol. The summed E-state index contributed by atoms with van der Waals surface area (Å²) in [5, 5.41) is 0. The lowest BCUT2D eigenvalue weighted by Crippen LogP contribution is -2.11. The van der Waals surface area contributed by atoms with E-state index in [0.29, 0.717) is 0 Å². The molecule has 122 valence electrons. The Labute approximate surface area is 156 Å². The zero-order valence-corrected chi connectivity index (χ0v) is 14.4. The number of hydrogen-bond donors (Lipinski definition) is 0. The van der Waals surface area contributed by atoms with Crippen LogP contribution in [-0.4, -0.2) is 7.98 Å². The first-order chi connectivity index (χ1) is 12.8. The molecule has 4 aromatic carbocycles. The van der Waals surface area contributed by atoms with Gasteiger partial charge in [0.2, 0.25) is 7.98 Å². The number of rotatable bonds is 4. The molecule has 0 fully saturated rings. The summed E-state index contributed by atoms with van der Waals surface area (Å²) >= 11 is 0. The minimum Gasteiger partial charge on any atom is -0.398 e. The lowest BCUT2D eigenvalue weighted by molar-refractivity contribution is 1.41. The summed E-state index contributed by atoms with van der Waals surface area (Å²) in [6.07, 6.45) is 0. The molecule has 0 amide bonds. The summed E-state index contributed by atoms with van der Waals surface area (Å²) in [7, 11) is 6.44. The molecule has 0 saturated heterocycles. The highest BCUT2D eigenvalue weighted by molar-refractivity contribution is 6.22. The Bertz CT molecular complexity index is 914. The molecule has 0 atom stereocenters. The Kier molecular flexibility index (Phi) is 4.57. The van der Waals surface area contributed by atoms with Crippen molar-refractivity contribution in [3.8, 4) is 22.3 Å². The minimum atomic E-state index is 0.955. The Morgan fingerprint density at radius 1 is 0.423 bits per heavy atom. The van der Waals surface area contributed by atoms with Crippen molar-refractivity contribution < 1.29 is 0 Å². The van der Waals surface area contributed by atoms with E-state index < -0.39 is 0 Å². The van der Waals surface area contributed by atoms with Crippen LogP contribution >= 0.6 is 0 Å². The fourth-order valence-electron chi connectivity index (χ4n) is 3.08. The van der Waals surface area contributed by atoms with Gasteiger partial charge in [0, 0.05) is 11.4 Å². The van der Waals surface area contributed by atoms with Crippen molar-refractivity contribution in [2.45, 2.75) is 0 Å². The summed E-state index contributed by atoms with van der Waals surface area (Å²) in [5.41, 5.74) is 6.57. The zero-order chi connectivity index (χ0) is 17.8. The standard InChI is InChI=1S/C24H18BN/c25-26(23-15-7-13-21(17-23)19-9-3-1-4-10-19)24-16-8-14-22(18-24)20-11-5-2-6-12-20/h1-18H. The summed E-state index contributed by atoms with van der Waals surface area (Å²) < 4.78 is 0. The van der Waals surface area contributed by atoms with E-state index >= 15 is 0 Å². The van der Waals surface area contributed by atoms with Gasteiger partial charge in [-0.25, -0.2) is 0 Å². The Morgan fingerprint density at radius 3 is 1.23 bits per heavy atom. The summed E-state index contributed by atoms with van der Waals surface area (Å²) in [5.74, 6) is 0. The van der Waals surface area contributed by atoms with Gasteiger partial charge in [0.15, 0.2) is 0 Å². The van der Waals surface area contributed by atoms with Gasteiger partial charge in [-0.2, -0.15) is 0 Å². The number of nitrogens with zero attached hydrogens (tertiary/aromatic N) is 1. The average Bonchev–Trinajstić information content (AvgIpc) is 2.75. The monoisotopic (exact) mass is 331 g/mol. The van der Waals surface area contributed by atoms with Gasteiger partial charge in [0.1, 0.15) is 0 Å². The molecule has 4 aromatic rings. The maximum absolute atomic E-state index is 6.44. The molecule has 0 N–H and O–H groups in total. The van der Waals surface area contributed by atoms with Crippen molar-refractivity contribution in [2.24, 2.45) is 0 Å². The van der Waals surface area contributed by atoms with E-state index in [9.17, 15) is 0 Å². The molecule has 0 aromatic heterocycles. The highest BCUT2D eigenvalue weighted by Crippen LogP contribution is 2.30. The van der Waals surface area contributed by atoms with Gasteiger partial charge >= 0.3 is 0 Å². The second kappa shape index (κ2) is 7.32. The molecule has 2 radical (unpaired) electrons. The Hall–Kier alpha value is -3.26. The van der Waals surface area contributed by atoms with Crippen LogP contribution in [0.5, 0.6) is 0 Å². The molecule has 26 heavy (non-hydrogen) atoms. The number of benzene rings is 4. The molecule has 0 aliphatic rings. The summed E-state index contributed by atoms with van der Waals surface area (Å²) in [4.78, 5) is 1.74. The second-order valence-corrected chi connectivity index (χ2v) is 6.20. The van der Waals surface area contributed by atoms with Gasteiger partial charge in [-0.3, -0.25) is 0 Å². The van der Waals surface area contributed by atoms with Gasteiger partial charge in [-0.1, -0.05) is 84.9 Å². The highest BCUT2D eigenvalue weighted by atomic mass is 15.0. The van der Waals surface area contributed by atoms with Crippen LogP contribution in [0.1, 0.15) is 0 Å². The fraction of sp³-hybridized carbons (Fsp3) is 0. The van der Waals surface area contributed by atoms with Crippen LogP contribution in [0.25, 0.3) is 22.3 Å². The third-order valence-corrected chi connectivity index (χ3v) is 4.46. The van der Waals surface area contributed by atoms with E-state index in [0.717, 1.165) is 22.5 Å². The second-order valence-electron chi connectivity index (χ2n) is 6.20. The van der Waals surface area contributed by atoms with Gasteiger partial charge in [0.25, 0.3) is 0 Å². The normalized spacial score (nSPS) is 10.5. The van der Waals surface area contributed by atoms with Crippen LogP contribution in [0, 0.1) is 0 Å². The summed E-state index contributed by atoms with van der Waals surface area (Å²) in [6, 6.07) is 37.2. The van der Waals surface area contributed by atoms with E-state index in [2.05, 4.69) is 48.5 Å². The lowest BCUT2D eigenvalue weighted by Gasteiger charge is -2.22. The van der Waals surface area contributed by atoms with Crippen LogP contribution < -0.4 is 4.81 Å². The SMILES string of the molecule is [B]N(c1cccc(-c2ccccc2)c1)c1cccc(-c2ccccc2)c1. The van der Waals surface area contributed by atoms with Crippen molar-refractivity contribution in [2.75, 3.05) is 4.81 Å². The lowest BCUT2D eigenvalue weighted by atomic mass is 10.0. The van der Waals surface area contributed by atoms with E-state index in [1.54, 1.807) is 4.81 Å². The first kappa shape index (κ1) is 16.2. The first-order valence-electron chi connectivity index (χ1n) is 8.67. The third-order valence-electron chi connectivity index (χ3n) is 4.46. The topological polar surface area (TPSA) is 3.24 Å². The maximum atomic E-state index is 6.44. The number of hydrogen-bond acceptors (Lipinski definition) is 1. The maximum Gasteiger partial charge on any atom is 0.234 e. The van der Waals surface area contributed by atoms with Crippen molar-refractivity contribution in [3.05, 3.63) is 109 Å². The van der Waals surface area contributed by atoms with E-state index in [1.807, 2.05) is 60.7 Å². The van der Waals surface area contributed by atoms with Crippen LogP contribution in [0.4, 0.5) is 11.4 Å². The molecule has 4 rings (SSSR count). The quantitative estimate of drug-likeness (QED) is 0.400. The van der Waals surface area contributed by atoms with Gasteiger partial charge < -0.3 is 4.81 Å². The van der Waals surface area contributed by atoms with Crippen molar-refractivity contribution in [3.63, 3.8) is 0 Å². The molecule has 1 nitrogen and oxygen atoms in total. The molecule has 2 heteroatoms. The largest absolute Gasteiger partial charge is 0.398 e. The smallest absolute Gasteiger partial charge is 0.234 e. The molecule has 0 heterocycles. The van der Waals surface area contributed by atoms with E-state index in [1.165, 1.54) is 11.1 Å². The molecule has 0 aliphatic carbocycles. The van der Waals surface area contributed by atoms with Crippen LogP contribution in [0.2, 0.25) is 0 Å². The Morgan fingerprint density at radius 2 is 0.808 bits per heavy atom. The fourth-order valence-corrected chi connectivity index (χ4v) is 3.08. The van der Waals surface area contributed by atoms with Crippen LogP contribution in [-0.2, 0) is 0 Å². The molecule has 0 unspecified atom stereocenters. The Balaban J connectivity index is 1.67. The van der Waals surface area contributed by atoms with Crippen LogP contribution in [0.15, 0.2) is 109 Å². The molecular weight excluding hydrogens is 313 g/mol. The molecule has 0 bridgehead atoms. The van der Waals surface area contributed by atoms with Crippen molar-refractivity contribution >= 4 is 19.4 Å². The molecule has 0 spiro atoms. The molecular formula is C24H18BN. The van der Waals surface area contributed by atoms with Gasteiger partial charge in [0.05, 0.1) is 0 Å². The highest BCUT2D eigenvalue weighted by Gasteiger charge is 2.07. The van der Waals surface area contributed by atoms with Gasteiger partial charge in [-0.15, -0.1) is 0 Å².